The number of nitrogens with zero attached hydrogens (tertiary/aromatic N) is 3. The van der Waals surface area contributed by atoms with Crippen molar-refractivity contribution in [2.45, 2.75) is 32.9 Å². The largest absolute Gasteiger partial charge is 0.475 e. The number of fused-ring (bicyclic) bond motifs is 1. The first-order chi connectivity index (χ1) is 15.0. The number of amides is 2. The van der Waals surface area contributed by atoms with Gasteiger partial charge in [-0.05, 0) is 37.6 Å². The van der Waals surface area contributed by atoms with Crippen LogP contribution in [-0.4, -0.2) is 29.4 Å². The molecule has 2 amide bonds. The van der Waals surface area contributed by atoms with Gasteiger partial charge in [0.05, 0.1) is 29.6 Å². The molecule has 0 bridgehead atoms. The Balaban J connectivity index is 1.64. The smallest absolute Gasteiger partial charge is 0.259 e. The van der Waals surface area contributed by atoms with Crippen molar-refractivity contribution in [2.24, 2.45) is 0 Å². The van der Waals surface area contributed by atoms with Crippen molar-refractivity contribution in [3.8, 4) is 5.88 Å². The second-order valence-corrected chi connectivity index (χ2v) is 7.71. The van der Waals surface area contributed by atoms with Crippen molar-refractivity contribution in [3.05, 3.63) is 84.1 Å². The van der Waals surface area contributed by atoms with Crippen molar-refractivity contribution in [1.82, 2.24) is 4.98 Å². The SMILES string of the molecule is CC(C)Oc1ccc(C(=O)N2CCC(=O)N(Cc3ccccc3)c3ccccc32)cn1. The standard InChI is InChI=1S/C25H25N3O3/c1-18(2)31-23-13-12-20(16-26-23)25(30)27-15-14-24(29)28(17-19-8-4-3-5-9-19)22-11-7-6-10-21(22)27/h3-13,16,18H,14-15,17H2,1-2H3. The molecule has 0 N–H and O–H groups in total. The van der Waals surface area contributed by atoms with Gasteiger partial charge in [0.15, 0.2) is 0 Å². The number of aromatic nitrogens is 1. The molecule has 31 heavy (non-hydrogen) atoms. The lowest BCUT2D eigenvalue weighted by molar-refractivity contribution is -0.118. The molecule has 1 aliphatic heterocycles. The molecule has 0 atom stereocenters. The number of hydrogen-bond donors (Lipinski definition) is 0. The Labute approximate surface area is 182 Å². The van der Waals surface area contributed by atoms with Crippen LogP contribution in [0.4, 0.5) is 11.4 Å². The molecular formula is C25H25N3O3. The van der Waals surface area contributed by atoms with E-state index in [1.165, 1.54) is 6.20 Å². The van der Waals surface area contributed by atoms with E-state index >= 15 is 0 Å². The van der Waals surface area contributed by atoms with Crippen LogP contribution in [0, 0.1) is 0 Å². The molecule has 2 aromatic carbocycles. The van der Waals surface area contributed by atoms with E-state index in [2.05, 4.69) is 4.98 Å². The first-order valence-corrected chi connectivity index (χ1v) is 10.4. The monoisotopic (exact) mass is 415 g/mol. The second kappa shape index (κ2) is 9.00. The predicted molar refractivity (Wildman–Crippen MR) is 120 cm³/mol. The molecule has 158 valence electrons. The molecular weight excluding hydrogens is 390 g/mol. The summed E-state index contributed by atoms with van der Waals surface area (Å²) in [7, 11) is 0. The van der Waals surface area contributed by atoms with Crippen LogP contribution >= 0.6 is 0 Å². The van der Waals surface area contributed by atoms with Gasteiger partial charge in [0, 0.05) is 25.2 Å². The number of ether oxygens (including phenoxy) is 1. The number of carbonyl (C=O) groups excluding carboxylic acids is 2. The number of para-hydroxylation sites is 2. The average molecular weight is 415 g/mol. The molecule has 6 nitrogen and oxygen atoms in total. The fourth-order valence-electron chi connectivity index (χ4n) is 3.64. The first kappa shape index (κ1) is 20.6. The fraction of sp³-hybridized carbons (Fsp3) is 0.240. The maximum atomic E-state index is 13.3. The Bertz CT molecular complexity index is 1060. The summed E-state index contributed by atoms with van der Waals surface area (Å²) in [4.78, 5) is 34.0. The Kier molecular flexibility index (Phi) is 5.98. The van der Waals surface area contributed by atoms with Gasteiger partial charge in [-0.3, -0.25) is 9.59 Å². The van der Waals surface area contributed by atoms with Crippen LogP contribution in [0.3, 0.4) is 0 Å². The van der Waals surface area contributed by atoms with Crippen molar-refractivity contribution < 1.29 is 14.3 Å². The number of pyridine rings is 1. The molecule has 1 aromatic heterocycles. The highest BCUT2D eigenvalue weighted by molar-refractivity contribution is 6.11. The van der Waals surface area contributed by atoms with E-state index in [-0.39, 0.29) is 24.3 Å². The fourth-order valence-corrected chi connectivity index (χ4v) is 3.64. The van der Waals surface area contributed by atoms with Crippen molar-refractivity contribution in [2.75, 3.05) is 16.3 Å². The maximum absolute atomic E-state index is 13.3. The van der Waals surface area contributed by atoms with Gasteiger partial charge < -0.3 is 14.5 Å². The van der Waals surface area contributed by atoms with E-state index in [0.717, 1.165) is 16.9 Å². The quantitative estimate of drug-likeness (QED) is 0.618. The number of anilines is 2. The van der Waals surface area contributed by atoms with Gasteiger partial charge in [-0.15, -0.1) is 0 Å². The predicted octanol–water partition coefficient (Wildman–Crippen LogP) is 4.45. The zero-order chi connectivity index (χ0) is 21.8. The van der Waals surface area contributed by atoms with Gasteiger partial charge in [-0.25, -0.2) is 4.98 Å². The van der Waals surface area contributed by atoms with E-state index in [1.807, 2.05) is 68.4 Å². The summed E-state index contributed by atoms with van der Waals surface area (Å²) in [6, 6.07) is 20.8. The van der Waals surface area contributed by atoms with Crippen LogP contribution in [0.1, 0.15) is 36.2 Å². The van der Waals surface area contributed by atoms with Crippen LogP contribution in [0.5, 0.6) is 5.88 Å². The summed E-state index contributed by atoms with van der Waals surface area (Å²) >= 11 is 0. The summed E-state index contributed by atoms with van der Waals surface area (Å²) in [6.07, 6.45) is 1.78. The van der Waals surface area contributed by atoms with Gasteiger partial charge >= 0.3 is 0 Å². The van der Waals surface area contributed by atoms with Gasteiger partial charge in [0.1, 0.15) is 0 Å². The third kappa shape index (κ3) is 4.58. The van der Waals surface area contributed by atoms with Crippen LogP contribution in [0.15, 0.2) is 72.9 Å². The zero-order valence-electron chi connectivity index (χ0n) is 17.7. The minimum Gasteiger partial charge on any atom is -0.475 e. The Morgan fingerprint density at radius 3 is 2.39 bits per heavy atom. The molecule has 0 radical (unpaired) electrons. The minimum atomic E-state index is -0.189. The Morgan fingerprint density at radius 1 is 1.00 bits per heavy atom. The maximum Gasteiger partial charge on any atom is 0.259 e. The highest BCUT2D eigenvalue weighted by atomic mass is 16.5. The van der Waals surface area contributed by atoms with Crippen LogP contribution in [0.25, 0.3) is 0 Å². The summed E-state index contributed by atoms with van der Waals surface area (Å²) in [5.41, 5.74) is 2.94. The number of benzene rings is 2. The summed E-state index contributed by atoms with van der Waals surface area (Å²) in [5.74, 6) is 0.280. The van der Waals surface area contributed by atoms with Crippen LogP contribution < -0.4 is 14.5 Å². The van der Waals surface area contributed by atoms with Crippen molar-refractivity contribution in [1.29, 1.82) is 0 Å². The van der Waals surface area contributed by atoms with Crippen LogP contribution in [0.2, 0.25) is 0 Å². The molecule has 0 saturated heterocycles. The number of hydrogen-bond acceptors (Lipinski definition) is 4. The average Bonchev–Trinajstić information content (AvgIpc) is 2.91. The topological polar surface area (TPSA) is 62.7 Å². The lowest BCUT2D eigenvalue weighted by Crippen LogP contribution is -2.32. The minimum absolute atomic E-state index is 0.00754. The van der Waals surface area contributed by atoms with E-state index in [0.29, 0.717) is 24.5 Å². The van der Waals surface area contributed by atoms with Gasteiger partial charge in [-0.1, -0.05) is 42.5 Å². The van der Waals surface area contributed by atoms with Crippen LogP contribution in [-0.2, 0) is 11.3 Å². The van der Waals surface area contributed by atoms with E-state index in [4.69, 9.17) is 4.74 Å². The van der Waals surface area contributed by atoms with E-state index in [1.54, 1.807) is 21.9 Å². The number of carbonyl (C=O) groups is 2. The third-order valence-electron chi connectivity index (χ3n) is 5.08. The third-order valence-corrected chi connectivity index (χ3v) is 5.08. The van der Waals surface area contributed by atoms with E-state index in [9.17, 15) is 9.59 Å². The Hall–Kier alpha value is -3.67. The lowest BCUT2D eigenvalue weighted by Gasteiger charge is -2.25. The molecule has 0 unspecified atom stereocenters. The molecule has 4 rings (SSSR count). The second-order valence-electron chi connectivity index (χ2n) is 7.71. The summed E-state index contributed by atoms with van der Waals surface area (Å²) < 4.78 is 5.57. The zero-order valence-corrected chi connectivity index (χ0v) is 17.7. The summed E-state index contributed by atoms with van der Waals surface area (Å²) in [6.45, 7) is 4.62. The van der Waals surface area contributed by atoms with Gasteiger partial charge in [0.25, 0.3) is 5.91 Å². The normalized spacial score (nSPS) is 13.7. The number of rotatable bonds is 5. The van der Waals surface area contributed by atoms with Gasteiger partial charge in [0.2, 0.25) is 11.8 Å². The molecule has 0 aliphatic carbocycles. The van der Waals surface area contributed by atoms with Gasteiger partial charge in [-0.2, -0.15) is 0 Å². The molecule has 3 aromatic rings. The Morgan fingerprint density at radius 2 is 1.71 bits per heavy atom. The van der Waals surface area contributed by atoms with Crippen molar-refractivity contribution >= 4 is 23.2 Å². The molecule has 1 aliphatic rings. The lowest BCUT2D eigenvalue weighted by atomic mass is 10.1. The highest BCUT2D eigenvalue weighted by Crippen LogP contribution is 2.34. The van der Waals surface area contributed by atoms with Crippen molar-refractivity contribution in [3.63, 3.8) is 0 Å². The van der Waals surface area contributed by atoms with E-state index < -0.39 is 0 Å². The summed E-state index contributed by atoms with van der Waals surface area (Å²) in [5, 5.41) is 0. The molecule has 0 spiro atoms. The molecule has 2 heterocycles. The molecule has 6 heteroatoms. The first-order valence-electron chi connectivity index (χ1n) is 10.4. The molecule has 0 saturated carbocycles. The molecule has 0 fully saturated rings. The highest BCUT2D eigenvalue weighted by Gasteiger charge is 2.29.